The minimum Gasteiger partial charge on any atom is -0.382 e. The number of aromatic amines is 1. The van der Waals surface area contributed by atoms with Gasteiger partial charge in [0.1, 0.15) is 11.9 Å². The summed E-state index contributed by atoms with van der Waals surface area (Å²) in [6, 6.07) is 0. The zero-order chi connectivity index (χ0) is 11.8. The molecule has 1 fully saturated rings. The van der Waals surface area contributed by atoms with Crippen molar-refractivity contribution in [1.29, 1.82) is 0 Å². The zero-order valence-corrected chi connectivity index (χ0v) is 9.47. The van der Waals surface area contributed by atoms with Gasteiger partial charge in [-0.05, 0) is 25.7 Å². The van der Waals surface area contributed by atoms with Crippen molar-refractivity contribution in [2.45, 2.75) is 36.9 Å². The molecule has 1 aromatic heterocycles. The summed E-state index contributed by atoms with van der Waals surface area (Å²) in [5, 5.41) is 16.6. The highest BCUT2D eigenvalue weighted by Crippen LogP contribution is 2.52. The molecule has 0 amide bonds. The Labute approximate surface area is 92.1 Å². The van der Waals surface area contributed by atoms with Gasteiger partial charge in [-0.15, -0.1) is 0 Å². The summed E-state index contributed by atoms with van der Waals surface area (Å²) in [5.74, 6) is 0.214. The van der Waals surface area contributed by atoms with Gasteiger partial charge in [-0.3, -0.25) is 9.66 Å². The van der Waals surface area contributed by atoms with Crippen LogP contribution in [0.15, 0.2) is 6.33 Å². The van der Waals surface area contributed by atoms with Gasteiger partial charge >= 0.3 is 7.60 Å². The number of hydrogen-bond donors (Lipinski definition) is 4. The minimum atomic E-state index is -4.15. The van der Waals surface area contributed by atoms with E-state index >= 15 is 0 Å². The van der Waals surface area contributed by atoms with Crippen molar-refractivity contribution in [2.24, 2.45) is 0 Å². The van der Waals surface area contributed by atoms with E-state index in [0.29, 0.717) is 19.3 Å². The molecule has 1 aliphatic rings. The van der Waals surface area contributed by atoms with E-state index in [1.54, 1.807) is 0 Å². The van der Waals surface area contributed by atoms with E-state index in [0.717, 1.165) is 0 Å². The quantitative estimate of drug-likeness (QED) is 0.551. The highest BCUT2D eigenvalue weighted by molar-refractivity contribution is 7.52. The maximum Gasteiger partial charge on any atom is 0.328 e. The molecule has 1 heterocycles. The number of H-pyrrole nitrogens is 1. The van der Waals surface area contributed by atoms with Crippen LogP contribution in [0.3, 0.4) is 0 Å². The molecule has 0 aliphatic heterocycles. The molecule has 7 nitrogen and oxygen atoms in total. The second-order valence-electron chi connectivity index (χ2n) is 4.19. The lowest BCUT2D eigenvalue weighted by molar-refractivity contribution is -0.00963. The van der Waals surface area contributed by atoms with Crippen LogP contribution >= 0.6 is 7.60 Å². The lowest BCUT2D eigenvalue weighted by Gasteiger charge is -2.34. The third kappa shape index (κ3) is 2.17. The molecule has 0 unspecified atom stereocenters. The van der Waals surface area contributed by atoms with Crippen LogP contribution in [-0.2, 0) is 10.2 Å². The lowest BCUT2D eigenvalue weighted by Crippen LogP contribution is -2.36. The van der Waals surface area contributed by atoms with Gasteiger partial charge in [-0.2, -0.15) is 5.10 Å². The summed E-state index contributed by atoms with van der Waals surface area (Å²) in [7, 11) is -4.15. The molecule has 1 aliphatic carbocycles. The standard InChI is InChI=1S/C8H14N3O4P/c12-8(7-9-5-10-11-7)3-1-2-6(4-8)16(13,14)15/h5-6,12H,1-4H2,(H,9,10,11)(H2,13,14,15)/t6-,8-/m0/s1. The highest BCUT2D eigenvalue weighted by atomic mass is 31.2. The van der Waals surface area contributed by atoms with Gasteiger partial charge in [-0.1, -0.05) is 0 Å². The first-order valence-corrected chi connectivity index (χ1v) is 6.74. The van der Waals surface area contributed by atoms with Crippen LogP contribution in [-0.4, -0.2) is 35.7 Å². The molecule has 0 bridgehead atoms. The molecule has 2 rings (SSSR count). The molecule has 0 spiro atoms. The topological polar surface area (TPSA) is 119 Å². The fraction of sp³-hybridized carbons (Fsp3) is 0.750. The number of hydrogen-bond acceptors (Lipinski definition) is 4. The van der Waals surface area contributed by atoms with Crippen LogP contribution in [0.5, 0.6) is 0 Å². The Morgan fingerprint density at radius 1 is 1.56 bits per heavy atom. The van der Waals surface area contributed by atoms with E-state index in [9.17, 15) is 9.67 Å². The highest BCUT2D eigenvalue weighted by Gasteiger charge is 2.44. The van der Waals surface area contributed by atoms with E-state index in [-0.39, 0.29) is 12.2 Å². The monoisotopic (exact) mass is 247 g/mol. The van der Waals surface area contributed by atoms with Gasteiger partial charge in [0, 0.05) is 0 Å². The van der Waals surface area contributed by atoms with E-state index in [1.165, 1.54) is 6.33 Å². The number of rotatable bonds is 2. The number of nitrogens with zero attached hydrogens (tertiary/aromatic N) is 2. The smallest absolute Gasteiger partial charge is 0.328 e. The summed E-state index contributed by atoms with van der Waals surface area (Å²) >= 11 is 0. The average molecular weight is 247 g/mol. The molecule has 16 heavy (non-hydrogen) atoms. The van der Waals surface area contributed by atoms with Crippen LogP contribution in [0, 0.1) is 0 Å². The van der Waals surface area contributed by atoms with Crippen molar-refractivity contribution in [3.63, 3.8) is 0 Å². The van der Waals surface area contributed by atoms with E-state index < -0.39 is 18.9 Å². The Morgan fingerprint density at radius 3 is 2.88 bits per heavy atom. The predicted octanol–water partition coefficient (Wildman–Crippen LogP) is 0.113. The summed E-state index contributed by atoms with van der Waals surface area (Å²) in [5.41, 5.74) is -2.12. The molecule has 1 aromatic rings. The molecule has 0 radical (unpaired) electrons. The molecule has 8 heteroatoms. The third-order valence-corrected chi connectivity index (χ3v) is 4.40. The minimum absolute atomic E-state index is 0.00906. The Bertz CT molecular complexity index is 403. The first-order chi connectivity index (χ1) is 7.42. The van der Waals surface area contributed by atoms with Gasteiger partial charge in [0.25, 0.3) is 0 Å². The summed E-state index contributed by atoms with van der Waals surface area (Å²) in [6.07, 6.45) is 2.77. The maximum absolute atomic E-state index is 11.2. The van der Waals surface area contributed by atoms with Crippen molar-refractivity contribution in [3.05, 3.63) is 12.2 Å². The summed E-state index contributed by atoms with van der Waals surface area (Å²) in [4.78, 5) is 22.1. The molecule has 0 aromatic carbocycles. The summed E-state index contributed by atoms with van der Waals surface area (Å²) in [6.45, 7) is 0. The van der Waals surface area contributed by atoms with Gasteiger partial charge in [0.15, 0.2) is 5.82 Å². The van der Waals surface area contributed by atoms with Crippen molar-refractivity contribution >= 4 is 7.60 Å². The van der Waals surface area contributed by atoms with Gasteiger partial charge in [0.05, 0.1) is 5.66 Å². The molecular weight excluding hydrogens is 233 g/mol. The Balaban J connectivity index is 2.21. The molecule has 4 N–H and O–H groups in total. The second-order valence-corrected chi connectivity index (χ2v) is 6.10. The van der Waals surface area contributed by atoms with Crippen LogP contribution in [0.25, 0.3) is 0 Å². The molecule has 90 valence electrons. The van der Waals surface area contributed by atoms with Gasteiger partial charge in [-0.25, -0.2) is 4.98 Å². The predicted molar refractivity (Wildman–Crippen MR) is 54.6 cm³/mol. The van der Waals surface area contributed by atoms with Gasteiger partial charge < -0.3 is 14.9 Å². The zero-order valence-electron chi connectivity index (χ0n) is 8.57. The van der Waals surface area contributed by atoms with E-state index in [4.69, 9.17) is 9.79 Å². The lowest BCUT2D eigenvalue weighted by atomic mass is 9.84. The Morgan fingerprint density at radius 2 is 2.31 bits per heavy atom. The van der Waals surface area contributed by atoms with Crippen molar-refractivity contribution in [3.8, 4) is 0 Å². The fourth-order valence-corrected chi connectivity index (χ4v) is 3.21. The number of aliphatic hydroxyl groups is 1. The molecule has 2 atom stereocenters. The molecular formula is C8H14N3O4P. The van der Waals surface area contributed by atoms with E-state index in [2.05, 4.69) is 15.2 Å². The summed E-state index contributed by atoms with van der Waals surface area (Å²) < 4.78 is 11.2. The maximum atomic E-state index is 11.2. The van der Waals surface area contributed by atoms with Crippen molar-refractivity contribution < 1.29 is 19.5 Å². The third-order valence-electron chi connectivity index (χ3n) is 3.01. The second kappa shape index (κ2) is 3.92. The Kier molecular flexibility index (Phi) is 2.88. The van der Waals surface area contributed by atoms with Crippen LogP contribution in [0.4, 0.5) is 0 Å². The average Bonchev–Trinajstić information content (AvgIpc) is 2.69. The molecule has 0 saturated heterocycles. The van der Waals surface area contributed by atoms with Crippen LogP contribution in [0.1, 0.15) is 31.5 Å². The largest absolute Gasteiger partial charge is 0.382 e. The van der Waals surface area contributed by atoms with Gasteiger partial charge in [0.2, 0.25) is 0 Å². The van der Waals surface area contributed by atoms with E-state index in [1.807, 2.05) is 0 Å². The normalized spacial score (nSPS) is 31.6. The van der Waals surface area contributed by atoms with Crippen molar-refractivity contribution in [2.75, 3.05) is 0 Å². The van der Waals surface area contributed by atoms with Crippen LogP contribution < -0.4 is 0 Å². The fourth-order valence-electron chi connectivity index (χ4n) is 2.15. The Hall–Kier alpha value is -0.750. The first-order valence-electron chi connectivity index (χ1n) is 5.06. The van der Waals surface area contributed by atoms with Crippen molar-refractivity contribution in [1.82, 2.24) is 15.2 Å². The number of aromatic nitrogens is 3. The SMILES string of the molecule is O=P(O)(O)[C@H]1CCC[C@@](O)(c2nc[nH]n2)C1. The molecule has 1 saturated carbocycles. The van der Waals surface area contributed by atoms with Crippen LogP contribution in [0.2, 0.25) is 0 Å². The number of nitrogens with one attached hydrogen (secondary N) is 1. The first kappa shape index (κ1) is 11.7.